The molecule has 1 amide bonds. The maximum atomic E-state index is 11.7. The molecule has 0 saturated carbocycles. The summed E-state index contributed by atoms with van der Waals surface area (Å²) in [6.07, 6.45) is 0.0951. The van der Waals surface area contributed by atoms with Gasteiger partial charge in [-0.15, -0.1) is 0 Å². The summed E-state index contributed by atoms with van der Waals surface area (Å²) in [5.74, 6) is 0.314. The molecule has 8 heteroatoms. The van der Waals surface area contributed by atoms with E-state index in [1.54, 1.807) is 20.8 Å². The summed E-state index contributed by atoms with van der Waals surface area (Å²) in [4.78, 5) is 11.7. The van der Waals surface area contributed by atoms with Gasteiger partial charge >= 0.3 is 6.09 Å². The van der Waals surface area contributed by atoms with Gasteiger partial charge in [0.25, 0.3) is 10.2 Å². The Kier molecular flexibility index (Phi) is 7.46. The highest BCUT2D eigenvalue weighted by molar-refractivity contribution is 7.87. The van der Waals surface area contributed by atoms with Gasteiger partial charge < -0.3 is 10.1 Å². The average Bonchev–Trinajstić information content (AvgIpc) is 2.22. The number of carbonyl (C=O) groups is 1. The number of ether oxygens (including phenoxy) is 1. The fraction of sp³-hybridized carbons (Fsp3) is 0.917. The third kappa shape index (κ3) is 9.99. The molecule has 0 aliphatic carbocycles. The number of nitrogens with one attached hydrogen (secondary N) is 3. The number of hydrogen-bond donors (Lipinski definition) is 3. The van der Waals surface area contributed by atoms with Crippen LogP contribution in [0.4, 0.5) is 4.79 Å². The highest BCUT2D eigenvalue weighted by Crippen LogP contribution is 2.09. The van der Waals surface area contributed by atoms with E-state index in [1.165, 1.54) is 7.05 Å². The molecular formula is C12H27N3O4S. The van der Waals surface area contributed by atoms with Crippen molar-refractivity contribution in [1.82, 2.24) is 14.8 Å². The van der Waals surface area contributed by atoms with Gasteiger partial charge in [-0.3, -0.25) is 0 Å². The number of carbonyl (C=O) groups excluding carboxylic acids is 1. The molecule has 0 aliphatic heterocycles. The predicted octanol–water partition coefficient (Wildman–Crippen LogP) is 0.980. The third-order valence-corrected chi connectivity index (χ3v) is 3.35. The van der Waals surface area contributed by atoms with Crippen molar-refractivity contribution in [3.63, 3.8) is 0 Å². The highest BCUT2D eigenvalue weighted by atomic mass is 32.2. The second kappa shape index (κ2) is 7.80. The normalized spacial score (nSPS) is 14.2. The first-order chi connectivity index (χ1) is 8.95. The van der Waals surface area contributed by atoms with E-state index in [2.05, 4.69) is 14.8 Å². The van der Waals surface area contributed by atoms with E-state index in [-0.39, 0.29) is 12.6 Å². The molecule has 0 heterocycles. The molecule has 0 aromatic carbocycles. The minimum absolute atomic E-state index is 0.112. The summed E-state index contributed by atoms with van der Waals surface area (Å²) in [7, 11) is -2.19. The average molecular weight is 309 g/mol. The molecule has 120 valence electrons. The Labute approximate surface area is 122 Å². The maximum absolute atomic E-state index is 11.7. The van der Waals surface area contributed by atoms with Gasteiger partial charge in [-0.1, -0.05) is 13.8 Å². The Morgan fingerprint density at radius 1 is 1.25 bits per heavy atom. The fourth-order valence-electron chi connectivity index (χ4n) is 1.52. The summed E-state index contributed by atoms with van der Waals surface area (Å²) >= 11 is 0. The van der Waals surface area contributed by atoms with Crippen LogP contribution in [0.1, 0.15) is 41.0 Å². The molecule has 20 heavy (non-hydrogen) atoms. The Balaban J connectivity index is 4.53. The third-order valence-electron chi connectivity index (χ3n) is 2.27. The molecule has 0 aromatic rings. The Hall–Kier alpha value is -0.860. The molecule has 7 nitrogen and oxygen atoms in total. The molecule has 1 atom stereocenters. The monoisotopic (exact) mass is 309 g/mol. The summed E-state index contributed by atoms with van der Waals surface area (Å²) < 4.78 is 32.4. The van der Waals surface area contributed by atoms with Gasteiger partial charge in [0, 0.05) is 19.6 Å². The Bertz CT molecular complexity index is 401. The van der Waals surface area contributed by atoms with E-state index in [1.807, 2.05) is 13.8 Å². The van der Waals surface area contributed by atoms with Crippen molar-refractivity contribution in [1.29, 1.82) is 0 Å². The topological polar surface area (TPSA) is 96.5 Å². The summed E-state index contributed by atoms with van der Waals surface area (Å²) in [6, 6.07) is -0.326. The molecule has 0 saturated heterocycles. The smallest absolute Gasteiger partial charge is 0.407 e. The van der Waals surface area contributed by atoms with Gasteiger partial charge in [0.2, 0.25) is 0 Å². The molecule has 1 unspecified atom stereocenters. The Morgan fingerprint density at radius 2 is 1.80 bits per heavy atom. The lowest BCUT2D eigenvalue weighted by Crippen LogP contribution is -2.47. The molecular weight excluding hydrogens is 282 g/mol. The van der Waals surface area contributed by atoms with Crippen LogP contribution in [-0.2, 0) is 14.9 Å². The van der Waals surface area contributed by atoms with Gasteiger partial charge in [-0.25, -0.2) is 14.2 Å². The van der Waals surface area contributed by atoms with Crippen molar-refractivity contribution < 1.29 is 17.9 Å². The van der Waals surface area contributed by atoms with E-state index in [9.17, 15) is 13.2 Å². The predicted molar refractivity (Wildman–Crippen MR) is 78.6 cm³/mol. The van der Waals surface area contributed by atoms with Gasteiger partial charge in [-0.05, 0) is 33.1 Å². The molecule has 0 spiro atoms. The van der Waals surface area contributed by atoms with Crippen LogP contribution in [0, 0.1) is 5.92 Å². The van der Waals surface area contributed by atoms with E-state index in [0.717, 1.165) is 0 Å². The zero-order chi connectivity index (χ0) is 16.0. The lowest BCUT2D eigenvalue weighted by atomic mass is 10.0. The van der Waals surface area contributed by atoms with Gasteiger partial charge in [0.15, 0.2) is 0 Å². The molecule has 0 rings (SSSR count). The minimum Gasteiger partial charge on any atom is -0.444 e. The lowest BCUT2D eigenvalue weighted by Gasteiger charge is -2.24. The largest absolute Gasteiger partial charge is 0.444 e. The molecule has 0 bridgehead atoms. The lowest BCUT2D eigenvalue weighted by molar-refractivity contribution is 0.0499. The summed E-state index contributed by atoms with van der Waals surface area (Å²) in [6.45, 7) is 9.42. The zero-order valence-electron chi connectivity index (χ0n) is 13.1. The van der Waals surface area contributed by atoms with Crippen molar-refractivity contribution in [2.45, 2.75) is 52.7 Å². The van der Waals surface area contributed by atoms with Crippen molar-refractivity contribution in [3.8, 4) is 0 Å². The van der Waals surface area contributed by atoms with Crippen molar-refractivity contribution >= 4 is 16.3 Å². The van der Waals surface area contributed by atoms with Crippen LogP contribution in [0.25, 0.3) is 0 Å². The van der Waals surface area contributed by atoms with Crippen LogP contribution in [0.3, 0.4) is 0 Å². The van der Waals surface area contributed by atoms with E-state index in [4.69, 9.17) is 4.74 Å². The van der Waals surface area contributed by atoms with Gasteiger partial charge in [0.1, 0.15) is 5.60 Å². The second-order valence-electron chi connectivity index (χ2n) is 6.03. The molecule has 0 radical (unpaired) electrons. The van der Waals surface area contributed by atoms with Crippen molar-refractivity contribution in [2.75, 3.05) is 13.6 Å². The quantitative estimate of drug-likeness (QED) is 0.653. The molecule has 0 aromatic heterocycles. The van der Waals surface area contributed by atoms with E-state index in [0.29, 0.717) is 12.3 Å². The SMILES string of the molecule is CNS(=O)(=O)NCC(CC(C)C)NC(=O)OC(C)(C)C. The van der Waals surface area contributed by atoms with Crippen molar-refractivity contribution in [2.24, 2.45) is 5.92 Å². The van der Waals surface area contributed by atoms with E-state index < -0.39 is 21.9 Å². The number of alkyl carbamates (subject to hydrolysis) is 1. The van der Waals surface area contributed by atoms with Crippen molar-refractivity contribution in [3.05, 3.63) is 0 Å². The first-order valence-electron chi connectivity index (χ1n) is 6.63. The zero-order valence-corrected chi connectivity index (χ0v) is 13.9. The molecule has 3 N–H and O–H groups in total. The number of rotatable bonds is 7. The van der Waals surface area contributed by atoms with Crippen LogP contribution < -0.4 is 14.8 Å². The first kappa shape index (κ1) is 19.1. The maximum Gasteiger partial charge on any atom is 0.407 e. The van der Waals surface area contributed by atoms with Gasteiger partial charge in [-0.2, -0.15) is 8.42 Å². The fourth-order valence-corrected chi connectivity index (χ4v) is 2.08. The number of amides is 1. The van der Waals surface area contributed by atoms with Crippen LogP contribution >= 0.6 is 0 Å². The minimum atomic E-state index is -3.51. The highest BCUT2D eigenvalue weighted by Gasteiger charge is 2.21. The summed E-state index contributed by atoms with van der Waals surface area (Å²) in [5.41, 5.74) is -0.586. The Morgan fingerprint density at radius 3 is 2.20 bits per heavy atom. The number of hydrogen-bond acceptors (Lipinski definition) is 4. The standard InChI is InChI=1S/C12H27N3O4S/c1-9(2)7-10(8-14-20(17,18)13-6)15-11(16)19-12(3,4)5/h9-10,13-14H,7-8H2,1-6H3,(H,15,16). The van der Waals surface area contributed by atoms with Crippen LogP contribution in [0.15, 0.2) is 0 Å². The van der Waals surface area contributed by atoms with E-state index >= 15 is 0 Å². The van der Waals surface area contributed by atoms with Crippen LogP contribution in [0.5, 0.6) is 0 Å². The first-order valence-corrected chi connectivity index (χ1v) is 8.11. The summed E-state index contributed by atoms with van der Waals surface area (Å²) in [5, 5.41) is 2.69. The molecule has 0 aliphatic rings. The second-order valence-corrected chi connectivity index (χ2v) is 7.73. The molecule has 0 fully saturated rings. The van der Waals surface area contributed by atoms with Crippen LogP contribution in [-0.4, -0.2) is 39.7 Å². The van der Waals surface area contributed by atoms with Gasteiger partial charge in [0.05, 0.1) is 0 Å². The van der Waals surface area contributed by atoms with Crippen LogP contribution in [0.2, 0.25) is 0 Å².